The molecule has 0 saturated carbocycles. The third-order valence-electron chi connectivity index (χ3n) is 5.41. The highest BCUT2D eigenvalue weighted by atomic mass is 32.3. The van der Waals surface area contributed by atoms with E-state index in [-0.39, 0.29) is 17.6 Å². The van der Waals surface area contributed by atoms with Crippen LogP contribution in [-0.2, 0) is 16.2 Å². The molecule has 0 bridgehead atoms. The Morgan fingerprint density at radius 2 is 1.87 bits per heavy atom. The summed E-state index contributed by atoms with van der Waals surface area (Å²) in [5.74, 6) is 0.423. The van der Waals surface area contributed by atoms with Crippen LogP contribution in [0.4, 0.5) is 5.69 Å². The quantitative estimate of drug-likeness (QED) is 0.468. The summed E-state index contributed by atoms with van der Waals surface area (Å²) in [5, 5.41) is 0.533. The summed E-state index contributed by atoms with van der Waals surface area (Å²) in [6.45, 7) is 6.99. The summed E-state index contributed by atoms with van der Waals surface area (Å²) < 4.78 is 12.9. The number of hydrogen-bond acceptors (Lipinski definition) is 5. The largest absolute Gasteiger partial charge is 0.462 e. The van der Waals surface area contributed by atoms with Crippen LogP contribution in [0.15, 0.2) is 23.1 Å². The van der Waals surface area contributed by atoms with E-state index in [0.717, 1.165) is 35.6 Å². The maximum Gasteiger partial charge on any atom is 0.343 e. The molecular weight excluding hydrogens is 400 g/mol. The number of aryl methyl sites for hydroxylation is 1. The molecule has 0 radical (unpaired) electrons. The molecule has 0 N–H and O–H groups in total. The van der Waals surface area contributed by atoms with E-state index in [2.05, 4.69) is 29.7 Å². The number of anilines is 1. The Morgan fingerprint density at radius 1 is 1.17 bits per heavy atom. The number of aromatic nitrogens is 1. The summed E-state index contributed by atoms with van der Waals surface area (Å²) in [7, 11) is -0.645. The standard InChI is InChI=1S/C23H34N2O4S/c1-6-29-23(27)19-15-25(16-28-11-12-30(3,4)5)21-14-20(24-9-7-8-10-24)17(2)13-18(21)22(19)26/h13-15H,6-12,16H2,1-5H3. The number of nitrogens with zero attached hydrogens (tertiary/aromatic N) is 2. The Morgan fingerprint density at radius 3 is 2.50 bits per heavy atom. The van der Waals surface area contributed by atoms with Crippen LogP contribution in [0.3, 0.4) is 0 Å². The summed E-state index contributed by atoms with van der Waals surface area (Å²) >= 11 is 0. The lowest BCUT2D eigenvalue weighted by Gasteiger charge is -2.25. The minimum absolute atomic E-state index is 0.0581. The molecule has 3 rings (SSSR count). The highest BCUT2D eigenvalue weighted by Crippen LogP contribution is 2.33. The second-order valence-electron chi connectivity index (χ2n) is 8.74. The van der Waals surface area contributed by atoms with E-state index in [9.17, 15) is 9.59 Å². The molecule has 2 aromatic rings. The Bertz CT molecular complexity index is 972. The van der Waals surface area contributed by atoms with Crippen LogP contribution in [0.2, 0.25) is 0 Å². The number of esters is 1. The number of rotatable bonds is 8. The van der Waals surface area contributed by atoms with Crippen LogP contribution in [0.1, 0.15) is 35.7 Å². The normalized spacial score (nSPS) is 15.0. The van der Waals surface area contributed by atoms with Gasteiger partial charge in [-0.3, -0.25) is 4.79 Å². The van der Waals surface area contributed by atoms with E-state index in [0.29, 0.717) is 18.7 Å². The molecular formula is C23H34N2O4S. The van der Waals surface area contributed by atoms with Gasteiger partial charge in [0.2, 0.25) is 5.43 Å². The van der Waals surface area contributed by atoms with Gasteiger partial charge in [0.15, 0.2) is 0 Å². The first-order chi connectivity index (χ1) is 14.2. The molecule has 1 fully saturated rings. The molecule has 30 heavy (non-hydrogen) atoms. The number of hydrogen-bond donors (Lipinski definition) is 0. The van der Waals surface area contributed by atoms with Gasteiger partial charge in [0.25, 0.3) is 0 Å². The average molecular weight is 435 g/mol. The van der Waals surface area contributed by atoms with Crippen molar-refractivity contribution in [2.75, 3.05) is 55.7 Å². The SMILES string of the molecule is CCOC(=O)c1cn(COCCS(C)(C)C)c2cc(N3CCCC3)c(C)cc2c1=O. The van der Waals surface area contributed by atoms with Gasteiger partial charge in [-0.2, -0.15) is 0 Å². The number of carbonyl (C=O) groups excluding carboxylic acids is 1. The van der Waals surface area contributed by atoms with Gasteiger partial charge in [0, 0.05) is 36.1 Å². The van der Waals surface area contributed by atoms with Crippen molar-refractivity contribution in [3.05, 3.63) is 39.7 Å². The molecule has 2 heterocycles. The summed E-state index contributed by atoms with van der Waals surface area (Å²) in [6, 6.07) is 3.98. The molecule has 1 saturated heterocycles. The summed E-state index contributed by atoms with van der Waals surface area (Å²) in [6.07, 6.45) is 10.7. The number of carbonyl (C=O) groups is 1. The minimum Gasteiger partial charge on any atom is -0.462 e. The number of fused-ring (bicyclic) bond motifs is 1. The van der Waals surface area contributed by atoms with Gasteiger partial charge < -0.3 is 18.9 Å². The molecule has 1 aliphatic rings. The van der Waals surface area contributed by atoms with Gasteiger partial charge in [0.05, 0.1) is 18.7 Å². The first-order valence-corrected chi connectivity index (χ1v) is 13.6. The molecule has 166 valence electrons. The zero-order valence-electron chi connectivity index (χ0n) is 18.8. The highest BCUT2D eigenvalue weighted by Gasteiger charge is 2.20. The topological polar surface area (TPSA) is 60.8 Å². The van der Waals surface area contributed by atoms with Crippen molar-refractivity contribution in [1.82, 2.24) is 4.57 Å². The van der Waals surface area contributed by atoms with Crippen LogP contribution in [0, 0.1) is 6.92 Å². The van der Waals surface area contributed by atoms with E-state index in [1.54, 1.807) is 13.1 Å². The molecule has 6 nitrogen and oxygen atoms in total. The van der Waals surface area contributed by atoms with Crippen LogP contribution in [-0.4, -0.2) is 61.4 Å². The van der Waals surface area contributed by atoms with Crippen LogP contribution in [0.5, 0.6) is 0 Å². The monoisotopic (exact) mass is 434 g/mol. The van der Waals surface area contributed by atoms with Crippen LogP contribution >= 0.6 is 10.0 Å². The molecule has 0 amide bonds. The van der Waals surface area contributed by atoms with Crippen LogP contribution in [0.25, 0.3) is 10.9 Å². The molecule has 1 aromatic carbocycles. The predicted molar refractivity (Wildman–Crippen MR) is 127 cm³/mol. The molecule has 0 spiro atoms. The second kappa shape index (κ2) is 9.43. The van der Waals surface area contributed by atoms with Gasteiger partial charge in [-0.25, -0.2) is 14.8 Å². The molecule has 1 aromatic heterocycles. The smallest absolute Gasteiger partial charge is 0.343 e. The highest BCUT2D eigenvalue weighted by molar-refractivity contribution is 8.32. The van der Waals surface area contributed by atoms with E-state index >= 15 is 0 Å². The van der Waals surface area contributed by atoms with Gasteiger partial charge in [-0.1, -0.05) is 0 Å². The number of pyridine rings is 1. The first-order valence-electron chi connectivity index (χ1n) is 10.5. The maximum absolute atomic E-state index is 13.1. The third kappa shape index (κ3) is 5.19. The number of benzene rings is 1. The lowest BCUT2D eigenvalue weighted by Crippen LogP contribution is -2.23. The number of ether oxygens (including phenoxy) is 2. The second-order valence-corrected chi connectivity index (χ2v) is 13.3. The maximum atomic E-state index is 13.1. The lowest BCUT2D eigenvalue weighted by atomic mass is 10.1. The van der Waals surface area contributed by atoms with Crippen molar-refractivity contribution in [2.45, 2.75) is 33.4 Å². The van der Waals surface area contributed by atoms with E-state index in [4.69, 9.17) is 9.47 Å². The Hall–Kier alpha value is -1.99. The van der Waals surface area contributed by atoms with E-state index < -0.39 is 16.0 Å². The fourth-order valence-corrected chi connectivity index (χ4v) is 4.38. The molecule has 7 heteroatoms. The molecule has 0 unspecified atom stereocenters. The van der Waals surface area contributed by atoms with Gasteiger partial charge in [0.1, 0.15) is 12.3 Å². The van der Waals surface area contributed by atoms with Crippen molar-refractivity contribution < 1.29 is 14.3 Å². The summed E-state index contributed by atoms with van der Waals surface area (Å²) in [4.78, 5) is 27.8. The lowest BCUT2D eigenvalue weighted by molar-refractivity contribution is 0.0521. The van der Waals surface area contributed by atoms with E-state index in [1.807, 2.05) is 17.6 Å². The van der Waals surface area contributed by atoms with Gasteiger partial charge >= 0.3 is 5.97 Å². The zero-order valence-corrected chi connectivity index (χ0v) is 19.6. The molecule has 0 atom stereocenters. The van der Waals surface area contributed by atoms with E-state index in [1.165, 1.54) is 12.8 Å². The average Bonchev–Trinajstić information content (AvgIpc) is 3.20. The Kier molecular flexibility index (Phi) is 7.14. The fraction of sp³-hybridized carbons (Fsp3) is 0.565. The minimum atomic E-state index is -0.645. The Labute approximate surface area is 180 Å². The van der Waals surface area contributed by atoms with Crippen LogP contribution < -0.4 is 10.3 Å². The first kappa shape index (κ1) is 22.7. The van der Waals surface area contributed by atoms with Crippen molar-refractivity contribution >= 4 is 32.6 Å². The van der Waals surface area contributed by atoms with Gasteiger partial charge in [-0.15, -0.1) is 0 Å². The summed E-state index contributed by atoms with van der Waals surface area (Å²) in [5.41, 5.74) is 2.77. The van der Waals surface area contributed by atoms with Crippen molar-refractivity contribution in [2.24, 2.45) is 0 Å². The van der Waals surface area contributed by atoms with Gasteiger partial charge in [-0.05, 0) is 63.2 Å². The Balaban J connectivity index is 2.04. The predicted octanol–water partition coefficient (Wildman–Crippen LogP) is 3.75. The van der Waals surface area contributed by atoms with Crippen molar-refractivity contribution in [3.63, 3.8) is 0 Å². The molecule has 1 aliphatic heterocycles. The zero-order chi connectivity index (χ0) is 21.9. The molecule has 0 aliphatic carbocycles. The fourth-order valence-electron chi connectivity index (χ4n) is 3.77. The van der Waals surface area contributed by atoms with Crippen molar-refractivity contribution in [1.29, 1.82) is 0 Å². The third-order valence-corrected chi connectivity index (χ3v) is 6.80. The van der Waals surface area contributed by atoms with Crippen molar-refractivity contribution in [3.8, 4) is 0 Å².